The zero-order valence-corrected chi connectivity index (χ0v) is 19.0. The number of aryl methyl sites for hydroxylation is 1. The Morgan fingerprint density at radius 2 is 2.06 bits per heavy atom. The third kappa shape index (κ3) is 4.45. The molecule has 0 unspecified atom stereocenters. The number of rotatable bonds is 5. The number of carbonyl (C=O) groups is 2. The predicted octanol–water partition coefficient (Wildman–Crippen LogP) is 3.41. The molecule has 0 radical (unpaired) electrons. The topological polar surface area (TPSA) is 69.6 Å². The largest absolute Gasteiger partial charge is 0.374 e. The Hall–Kier alpha value is -3.03. The summed E-state index contributed by atoms with van der Waals surface area (Å²) in [7, 11) is 3.61. The van der Waals surface area contributed by atoms with Crippen LogP contribution in [0.2, 0.25) is 0 Å². The number of hydrogen-bond donors (Lipinski definition) is 0. The minimum Gasteiger partial charge on any atom is -0.374 e. The van der Waals surface area contributed by atoms with E-state index in [1.807, 2.05) is 29.8 Å². The molecule has 2 aliphatic rings. The summed E-state index contributed by atoms with van der Waals surface area (Å²) in [6, 6.07) is 6.19. The highest BCUT2D eigenvalue weighted by Crippen LogP contribution is 2.33. The lowest BCUT2D eigenvalue weighted by molar-refractivity contribution is -0.135. The van der Waals surface area contributed by atoms with Gasteiger partial charge in [-0.25, -0.2) is 14.4 Å². The number of benzene rings is 1. The third-order valence-electron chi connectivity index (χ3n) is 6.52. The average Bonchev–Trinajstić information content (AvgIpc) is 2.79. The molecule has 0 saturated carbocycles. The molecule has 170 valence electrons. The van der Waals surface area contributed by atoms with E-state index in [0.29, 0.717) is 44.0 Å². The number of piperidine rings is 1. The first kappa shape index (κ1) is 22.2. The Balaban J connectivity index is 1.51. The molecule has 4 rings (SSSR count). The standard InChI is InChI=1S/C24H30FN5O2/c1-16-19-10-11-21(31)29(3)24(19)27-23(26-16)20-9-4-5-13-30(20)22(32)12-14-28(2)18-8-6-7-17(25)15-18/h6-8,15,20H,4-5,9-14H2,1-3H3/t20-/m1/s1. The van der Waals surface area contributed by atoms with E-state index in [4.69, 9.17) is 9.97 Å². The van der Waals surface area contributed by atoms with Crippen molar-refractivity contribution in [3.05, 3.63) is 47.2 Å². The summed E-state index contributed by atoms with van der Waals surface area (Å²) in [4.78, 5) is 40.3. The fourth-order valence-corrected chi connectivity index (χ4v) is 4.59. The monoisotopic (exact) mass is 439 g/mol. The molecule has 2 aliphatic heterocycles. The molecule has 2 amide bonds. The Bertz CT molecular complexity index is 1030. The second-order valence-electron chi connectivity index (χ2n) is 8.67. The number of anilines is 2. The highest BCUT2D eigenvalue weighted by Gasteiger charge is 2.32. The van der Waals surface area contributed by atoms with Gasteiger partial charge in [0.1, 0.15) is 11.6 Å². The van der Waals surface area contributed by atoms with E-state index >= 15 is 0 Å². The summed E-state index contributed by atoms with van der Waals surface area (Å²) >= 11 is 0. The maximum Gasteiger partial charge on any atom is 0.228 e. The van der Waals surface area contributed by atoms with Gasteiger partial charge in [-0.3, -0.25) is 14.5 Å². The zero-order chi connectivity index (χ0) is 22.8. The lowest BCUT2D eigenvalue weighted by atomic mass is 9.99. The number of nitrogens with zero attached hydrogens (tertiary/aromatic N) is 5. The molecule has 0 spiro atoms. The molecule has 8 heteroatoms. The van der Waals surface area contributed by atoms with E-state index in [1.54, 1.807) is 18.0 Å². The number of amides is 2. The van der Waals surface area contributed by atoms with E-state index in [0.717, 1.165) is 36.2 Å². The average molecular weight is 440 g/mol. The van der Waals surface area contributed by atoms with E-state index in [-0.39, 0.29) is 23.7 Å². The van der Waals surface area contributed by atoms with Crippen LogP contribution in [0.4, 0.5) is 15.9 Å². The Morgan fingerprint density at radius 1 is 1.25 bits per heavy atom. The van der Waals surface area contributed by atoms with Gasteiger partial charge in [0.15, 0.2) is 5.82 Å². The molecule has 2 aromatic rings. The molecular weight excluding hydrogens is 409 g/mol. The molecule has 1 saturated heterocycles. The van der Waals surface area contributed by atoms with E-state index in [1.165, 1.54) is 12.1 Å². The molecule has 0 N–H and O–H groups in total. The molecule has 1 aromatic carbocycles. The van der Waals surface area contributed by atoms with Crippen LogP contribution in [0.1, 0.15) is 55.2 Å². The van der Waals surface area contributed by atoms with Crippen molar-refractivity contribution in [1.82, 2.24) is 14.9 Å². The van der Waals surface area contributed by atoms with Crippen molar-refractivity contribution in [1.29, 1.82) is 0 Å². The quantitative estimate of drug-likeness (QED) is 0.714. The second-order valence-corrected chi connectivity index (χ2v) is 8.67. The molecule has 7 nitrogen and oxygen atoms in total. The Morgan fingerprint density at radius 3 is 2.84 bits per heavy atom. The number of carbonyl (C=O) groups excluding carboxylic acids is 2. The summed E-state index contributed by atoms with van der Waals surface area (Å²) in [5.74, 6) is 1.10. The smallest absolute Gasteiger partial charge is 0.228 e. The van der Waals surface area contributed by atoms with Crippen molar-refractivity contribution in [3.8, 4) is 0 Å². The van der Waals surface area contributed by atoms with Crippen molar-refractivity contribution in [2.45, 2.75) is 51.5 Å². The summed E-state index contributed by atoms with van der Waals surface area (Å²) < 4.78 is 13.5. The zero-order valence-electron chi connectivity index (χ0n) is 19.0. The van der Waals surface area contributed by atoms with Crippen LogP contribution in [-0.2, 0) is 16.0 Å². The van der Waals surface area contributed by atoms with Crippen molar-refractivity contribution in [2.75, 3.05) is 37.0 Å². The van der Waals surface area contributed by atoms with Crippen LogP contribution in [0.5, 0.6) is 0 Å². The minimum atomic E-state index is -0.292. The fraction of sp³-hybridized carbons (Fsp3) is 0.500. The van der Waals surface area contributed by atoms with E-state index in [9.17, 15) is 14.0 Å². The van der Waals surface area contributed by atoms with Crippen LogP contribution in [0.15, 0.2) is 24.3 Å². The van der Waals surface area contributed by atoms with E-state index in [2.05, 4.69) is 0 Å². The van der Waals surface area contributed by atoms with Gasteiger partial charge in [0, 0.05) is 57.0 Å². The summed E-state index contributed by atoms with van der Waals surface area (Å²) in [6.07, 6.45) is 4.22. The van der Waals surface area contributed by atoms with Crippen LogP contribution in [0.25, 0.3) is 0 Å². The molecule has 0 bridgehead atoms. The third-order valence-corrected chi connectivity index (χ3v) is 6.52. The first-order valence-corrected chi connectivity index (χ1v) is 11.3. The molecule has 0 aliphatic carbocycles. The highest BCUT2D eigenvalue weighted by molar-refractivity contribution is 5.94. The number of aromatic nitrogens is 2. The Labute approximate surface area is 188 Å². The normalized spacial score (nSPS) is 18.5. The lowest BCUT2D eigenvalue weighted by Gasteiger charge is -2.36. The van der Waals surface area contributed by atoms with E-state index < -0.39 is 0 Å². The van der Waals surface area contributed by atoms with Crippen LogP contribution in [-0.4, -0.2) is 53.9 Å². The van der Waals surface area contributed by atoms with Crippen molar-refractivity contribution >= 4 is 23.3 Å². The summed E-state index contributed by atoms with van der Waals surface area (Å²) in [5, 5.41) is 0. The van der Waals surface area contributed by atoms with Crippen LogP contribution in [0, 0.1) is 12.7 Å². The van der Waals surface area contributed by atoms with Gasteiger partial charge in [-0.05, 0) is 50.8 Å². The number of likely N-dealkylation sites (tertiary alicyclic amines) is 1. The van der Waals surface area contributed by atoms with Crippen LogP contribution >= 0.6 is 0 Å². The molecule has 3 heterocycles. The van der Waals surface area contributed by atoms with Gasteiger partial charge in [0.05, 0.1) is 6.04 Å². The summed E-state index contributed by atoms with van der Waals surface area (Å²) in [5.41, 5.74) is 2.64. The maximum absolute atomic E-state index is 13.5. The first-order chi connectivity index (χ1) is 15.3. The van der Waals surface area contributed by atoms with Gasteiger partial charge in [-0.2, -0.15) is 0 Å². The van der Waals surface area contributed by atoms with Gasteiger partial charge in [-0.1, -0.05) is 6.07 Å². The Kier molecular flexibility index (Phi) is 6.39. The number of hydrogen-bond acceptors (Lipinski definition) is 5. The first-order valence-electron chi connectivity index (χ1n) is 11.3. The molecule has 1 fully saturated rings. The second kappa shape index (κ2) is 9.22. The van der Waals surface area contributed by atoms with Crippen molar-refractivity contribution in [2.24, 2.45) is 0 Å². The maximum atomic E-state index is 13.5. The SMILES string of the molecule is Cc1nc([C@H]2CCCCN2C(=O)CCN(C)c2cccc(F)c2)nc2c1CCC(=O)N2C. The fourth-order valence-electron chi connectivity index (χ4n) is 4.59. The van der Waals surface area contributed by atoms with Crippen molar-refractivity contribution < 1.29 is 14.0 Å². The lowest BCUT2D eigenvalue weighted by Crippen LogP contribution is -2.41. The van der Waals surface area contributed by atoms with Gasteiger partial charge in [-0.15, -0.1) is 0 Å². The van der Waals surface area contributed by atoms with Crippen LogP contribution < -0.4 is 9.80 Å². The highest BCUT2D eigenvalue weighted by atomic mass is 19.1. The molecular formula is C24H30FN5O2. The van der Waals surface area contributed by atoms with Gasteiger partial charge >= 0.3 is 0 Å². The molecule has 32 heavy (non-hydrogen) atoms. The minimum absolute atomic E-state index is 0.0429. The van der Waals surface area contributed by atoms with Crippen molar-refractivity contribution in [3.63, 3.8) is 0 Å². The van der Waals surface area contributed by atoms with Gasteiger partial charge in [0.25, 0.3) is 0 Å². The van der Waals surface area contributed by atoms with Crippen LogP contribution in [0.3, 0.4) is 0 Å². The number of halogens is 1. The molecule has 1 atom stereocenters. The van der Waals surface area contributed by atoms with Gasteiger partial charge < -0.3 is 9.80 Å². The van der Waals surface area contributed by atoms with Gasteiger partial charge in [0.2, 0.25) is 11.8 Å². The number of fused-ring (bicyclic) bond motifs is 1. The molecule has 1 aromatic heterocycles. The predicted molar refractivity (Wildman–Crippen MR) is 121 cm³/mol. The summed E-state index contributed by atoms with van der Waals surface area (Å²) in [6.45, 7) is 3.12.